The van der Waals surface area contributed by atoms with Crippen molar-refractivity contribution in [1.29, 1.82) is 0 Å². The summed E-state index contributed by atoms with van der Waals surface area (Å²) < 4.78 is 8.85. The maximum Gasteiger partial charge on any atom is 0.277 e. The van der Waals surface area contributed by atoms with Crippen molar-refractivity contribution in [2.24, 2.45) is 7.05 Å². The van der Waals surface area contributed by atoms with Crippen LogP contribution in [0.25, 0.3) is 16.9 Å². The molecule has 7 nitrogen and oxygen atoms in total. The Bertz CT molecular complexity index is 1380. The molecule has 0 aliphatic rings. The van der Waals surface area contributed by atoms with Crippen molar-refractivity contribution < 1.29 is 9.53 Å². The molecule has 4 rings (SSSR count). The van der Waals surface area contributed by atoms with Crippen molar-refractivity contribution in [3.8, 4) is 17.0 Å². The first kappa shape index (κ1) is 23.3. The molecule has 0 radical (unpaired) electrons. The number of ether oxygens (including phenoxy) is 1. The average molecular weight is 459 g/mol. The van der Waals surface area contributed by atoms with Crippen LogP contribution in [0.2, 0.25) is 0 Å². The summed E-state index contributed by atoms with van der Waals surface area (Å²) in [6.45, 7) is 6.93. The van der Waals surface area contributed by atoms with E-state index in [0.717, 1.165) is 39.5 Å². The number of aromatic nitrogens is 3. The zero-order valence-electron chi connectivity index (χ0n) is 20.1. The quantitative estimate of drug-likeness (QED) is 0.434. The monoisotopic (exact) mass is 458 g/mol. The molecule has 4 aromatic rings. The van der Waals surface area contributed by atoms with Crippen LogP contribution in [-0.4, -0.2) is 26.7 Å². The van der Waals surface area contributed by atoms with Gasteiger partial charge < -0.3 is 14.6 Å². The number of carbonyl (C=O) groups excluding carboxylic acids is 1. The number of amides is 1. The fourth-order valence-corrected chi connectivity index (χ4v) is 4.09. The summed E-state index contributed by atoms with van der Waals surface area (Å²) in [4.78, 5) is 25.7. The van der Waals surface area contributed by atoms with Crippen LogP contribution in [-0.2, 0) is 24.8 Å². The first-order chi connectivity index (χ1) is 16.4. The molecule has 34 heavy (non-hydrogen) atoms. The van der Waals surface area contributed by atoms with E-state index in [9.17, 15) is 9.59 Å². The predicted molar refractivity (Wildman–Crippen MR) is 133 cm³/mol. The van der Waals surface area contributed by atoms with Gasteiger partial charge in [0.1, 0.15) is 11.4 Å². The van der Waals surface area contributed by atoms with Crippen LogP contribution in [0.4, 0.5) is 0 Å². The molecule has 176 valence electrons. The summed E-state index contributed by atoms with van der Waals surface area (Å²) in [6.07, 6.45) is 0.577. The van der Waals surface area contributed by atoms with Gasteiger partial charge in [0.15, 0.2) is 0 Å². The van der Waals surface area contributed by atoms with Crippen LogP contribution in [0.1, 0.15) is 35.7 Å². The molecular weight excluding hydrogens is 428 g/mol. The number of rotatable bonds is 8. The van der Waals surface area contributed by atoms with Gasteiger partial charge in [0.25, 0.3) is 5.56 Å². The largest absolute Gasteiger partial charge is 0.494 e. The predicted octanol–water partition coefficient (Wildman–Crippen LogP) is 3.96. The number of nitrogens with one attached hydrogen (secondary N) is 1. The van der Waals surface area contributed by atoms with Gasteiger partial charge in [0.2, 0.25) is 5.91 Å². The van der Waals surface area contributed by atoms with Crippen LogP contribution in [0, 0.1) is 13.8 Å². The second-order valence-corrected chi connectivity index (χ2v) is 8.40. The third kappa shape index (κ3) is 4.73. The maximum atomic E-state index is 13.3. The number of aryl methyl sites for hydroxylation is 2. The molecule has 2 aromatic carbocycles. The molecule has 0 unspecified atom stereocenters. The maximum absolute atomic E-state index is 13.3. The SMILES string of the molecule is CCOc1ccc(CNC(=O)CCc2c(C)n(C)c3cc(-c4ccccc4C)nn3c2=O)cc1. The van der Waals surface area contributed by atoms with Crippen LogP contribution < -0.4 is 15.6 Å². The number of nitrogens with zero attached hydrogens (tertiary/aromatic N) is 3. The lowest BCUT2D eigenvalue weighted by molar-refractivity contribution is -0.121. The molecule has 0 aliphatic carbocycles. The van der Waals surface area contributed by atoms with E-state index in [1.165, 1.54) is 4.52 Å². The standard InChI is InChI=1S/C27H30N4O3/c1-5-34-21-12-10-20(11-13-21)17-28-25(32)15-14-23-19(3)30(4)26-16-24(29-31(26)27(23)33)22-9-7-6-8-18(22)2/h6-13,16H,5,14-15,17H2,1-4H3,(H,28,32). The summed E-state index contributed by atoms with van der Waals surface area (Å²) in [5, 5.41) is 7.53. The van der Waals surface area contributed by atoms with E-state index in [0.29, 0.717) is 25.1 Å². The molecular formula is C27H30N4O3. The number of hydrogen-bond acceptors (Lipinski definition) is 4. The minimum absolute atomic E-state index is 0.100. The molecule has 0 saturated carbocycles. The lowest BCUT2D eigenvalue weighted by atomic mass is 10.1. The van der Waals surface area contributed by atoms with Gasteiger partial charge >= 0.3 is 0 Å². The number of fused-ring (bicyclic) bond motifs is 1. The minimum atomic E-state index is -0.176. The van der Waals surface area contributed by atoms with Gasteiger partial charge in [-0.2, -0.15) is 9.61 Å². The normalized spacial score (nSPS) is 11.1. The average Bonchev–Trinajstić information content (AvgIpc) is 3.28. The van der Waals surface area contributed by atoms with Crippen LogP contribution in [0.3, 0.4) is 0 Å². The Morgan fingerprint density at radius 1 is 1.09 bits per heavy atom. The highest BCUT2D eigenvalue weighted by molar-refractivity contribution is 5.76. The third-order valence-electron chi connectivity index (χ3n) is 6.17. The van der Waals surface area contributed by atoms with E-state index in [-0.39, 0.29) is 17.9 Å². The smallest absolute Gasteiger partial charge is 0.277 e. The van der Waals surface area contributed by atoms with Gasteiger partial charge in [-0.1, -0.05) is 36.4 Å². The Labute approximate surface area is 199 Å². The molecule has 2 heterocycles. The van der Waals surface area contributed by atoms with Crippen molar-refractivity contribution in [2.75, 3.05) is 6.61 Å². The Balaban J connectivity index is 1.49. The summed E-state index contributed by atoms with van der Waals surface area (Å²) in [6, 6.07) is 17.6. The van der Waals surface area contributed by atoms with E-state index in [1.54, 1.807) is 0 Å². The lowest BCUT2D eigenvalue weighted by Gasteiger charge is -2.12. The third-order valence-corrected chi connectivity index (χ3v) is 6.17. The van der Waals surface area contributed by atoms with Gasteiger partial charge in [0.05, 0.1) is 12.3 Å². The summed E-state index contributed by atoms with van der Waals surface area (Å²) in [7, 11) is 1.92. The lowest BCUT2D eigenvalue weighted by Crippen LogP contribution is -2.27. The number of benzene rings is 2. The fourth-order valence-electron chi connectivity index (χ4n) is 4.09. The molecule has 0 aliphatic heterocycles. The first-order valence-corrected chi connectivity index (χ1v) is 11.5. The second-order valence-electron chi connectivity index (χ2n) is 8.40. The molecule has 2 aromatic heterocycles. The van der Waals surface area contributed by atoms with Crippen LogP contribution in [0.15, 0.2) is 59.4 Å². The van der Waals surface area contributed by atoms with Crippen LogP contribution >= 0.6 is 0 Å². The van der Waals surface area contributed by atoms with E-state index in [2.05, 4.69) is 10.4 Å². The van der Waals surface area contributed by atoms with Gasteiger partial charge in [-0.25, -0.2) is 0 Å². The highest BCUT2D eigenvalue weighted by Crippen LogP contribution is 2.23. The Morgan fingerprint density at radius 3 is 2.53 bits per heavy atom. The summed E-state index contributed by atoms with van der Waals surface area (Å²) in [5.41, 5.74) is 5.84. The number of carbonyl (C=O) groups is 1. The van der Waals surface area contributed by atoms with E-state index in [1.807, 2.05) is 87.0 Å². The van der Waals surface area contributed by atoms with Crippen molar-refractivity contribution in [2.45, 2.75) is 40.2 Å². The van der Waals surface area contributed by atoms with E-state index >= 15 is 0 Å². The van der Waals surface area contributed by atoms with Gasteiger partial charge in [0, 0.05) is 42.9 Å². The highest BCUT2D eigenvalue weighted by Gasteiger charge is 2.17. The van der Waals surface area contributed by atoms with Crippen molar-refractivity contribution in [3.63, 3.8) is 0 Å². The van der Waals surface area contributed by atoms with Gasteiger partial charge in [-0.05, 0) is 50.5 Å². The number of hydrogen-bond donors (Lipinski definition) is 1. The van der Waals surface area contributed by atoms with Crippen molar-refractivity contribution in [3.05, 3.63) is 87.3 Å². The molecule has 1 N–H and O–H groups in total. The first-order valence-electron chi connectivity index (χ1n) is 11.5. The Morgan fingerprint density at radius 2 is 1.82 bits per heavy atom. The second kappa shape index (κ2) is 9.95. The fraction of sp³-hybridized carbons (Fsp3) is 0.296. The molecule has 0 fully saturated rings. The molecule has 1 amide bonds. The van der Waals surface area contributed by atoms with Crippen LogP contribution in [0.5, 0.6) is 5.75 Å². The summed E-state index contributed by atoms with van der Waals surface area (Å²) in [5.74, 6) is 0.708. The topological polar surface area (TPSA) is 77.6 Å². The minimum Gasteiger partial charge on any atom is -0.494 e. The Hall–Kier alpha value is -3.87. The van der Waals surface area contributed by atoms with Gasteiger partial charge in [-0.3, -0.25) is 9.59 Å². The highest BCUT2D eigenvalue weighted by atomic mass is 16.5. The molecule has 0 spiro atoms. The van der Waals surface area contributed by atoms with Gasteiger partial charge in [-0.15, -0.1) is 0 Å². The molecule has 7 heteroatoms. The zero-order chi connectivity index (χ0) is 24.2. The van der Waals surface area contributed by atoms with Crippen molar-refractivity contribution in [1.82, 2.24) is 19.5 Å². The van der Waals surface area contributed by atoms with E-state index < -0.39 is 0 Å². The summed E-state index contributed by atoms with van der Waals surface area (Å²) >= 11 is 0. The zero-order valence-corrected chi connectivity index (χ0v) is 20.1. The van der Waals surface area contributed by atoms with E-state index in [4.69, 9.17) is 4.74 Å². The molecule has 0 bridgehead atoms. The Kier molecular flexibility index (Phi) is 6.82. The molecule has 0 saturated heterocycles. The molecule has 0 atom stereocenters. The van der Waals surface area contributed by atoms with Crippen molar-refractivity contribution >= 4 is 11.6 Å².